The maximum atomic E-state index is 14.5. The van der Waals surface area contributed by atoms with Gasteiger partial charge < -0.3 is 10.2 Å². The largest absolute Gasteiger partial charge is 0.352 e. The molecule has 4 aromatic rings. The molecule has 0 aliphatic rings. The Labute approximate surface area is 265 Å². The molecule has 4 aromatic carbocycles. The van der Waals surface area contributed by atoms with Crippen LogP contribution < -0.4 is 9.62 Å². The smallest absolute Gasteiger partial charge is 0.264 e. The van der Waals surface area contributed by atoms with Gasteiger partial charge in [0.25, 0.3) is 10.0 Å². The maximum Gasteiger partial charge on any atom is 0.264 e. The number of carbonyl (C=O) groups excluding carboxylic acids is 2. The molecule has 0 saturated carbocycles. The van der Waals surface area contributed by atoms with Crippen LogP contribution in [0, 0.1) is 19.7 Å². The van der Waals surface area contributed by atoms with Crippen molar-refractivity contribution < 1.29 is 22.4 Å². The number of rotatable bonds is 13. The molecular formula is C36H40FN3O4S. The van der Waals surface area contributed by atoms with Gasteiger partial charge in [-0.3, -0.25) is 13.9 Å². The van der Waals surface area contributed by atoms with Gasteiger partial charge in [0.1, 0.15) is 18.4 Å². The molecular weight excluding hydrogens is 589 g/mol. The van der Waals surface area contributed by atoms with Crippen molar-refractivity contribution in [2.24, 2.45) is 0 Å². The van der Waals surface area contributed by atoms with E-state index in [9.17, 15) is 22.4 Å². The Morgan fingerprint density at radius 2 is 1.38 bits per heavy atom. The number of sulfonamides is 1. The Morgan fingerprint density at radius 3 is 1.96 bits per heavy atom. The van der Waals surface area contributed by atoms with Gasteiger partial charge in [-0.05, 0) is 74.7 Å². The van der Waals surface area contributed by atoms with E-state index in [1.807, 2.05) is 58.0 Å². The molecule has 0 fully saturated rings. The summed E-state index contributed by atoms with van der Waals surface area (Å²) in [5, 5.41) is 3.01. The molecule has 236 valence electrons. The predicted octanol–water partition coefficient (Wildman–Crippen LogP) is 6.19. The molecule has 2 atom stereocenters. The number of anilines is 1. The SMILES string of the molecule is CC[C@H](C)NC(=O)[C@@H](Cc1ccccc1)N(Cc1ccc(F)cc1)C(=O)CN(c1ccc(C)cc1)S(=O)(=O)c1ccc(C)cc1. The molecule has 7 nitrogen and oxygen atoms in total. The second-order valence-electron chi connectivity index (χ2n) is 11.3. The first-order valence-corrected chi connectivity index (χ1v) is 16.5. The van der Waals surface area contributed by atoms with Crippen molar-refractivity contribution in [3.8, 4) is 0 Å². The quantitative estimate of drug-likeness (QED) is 0.191. The molecule has 1 N–H and O–H groups in total. The van der Waals surface area contributed by atoms with E-state index in [1.54, 1.807) is 48.5 Å². The Balaban J connectivity index is 1.80. The van der Waals surface area contributed by atoms with Crippen molar-refractivity contribution in [2.45, 2.75) is 64.1 Å². The van der Waals surface area contributed by atoms with Crippen molar-refractivity contribution in [2.75, 3.05) is 10.8 Å². The van der Waals surface area contributed by atoms with E-state index in [1.165, 1.54) is 29.2 Å². The van der Waals surface area contributed by atoms with E-state index >= 15 is 0 Å². The summed E-state index contributed by atoms with van der Waals surface area (Å²) in [7, 11) is -4.18. The predicted molar refractivity (Wildman–Crippen MR) is 176 cm³/mol. The number of nitrogens with one attached hydrogen (secondary N) is 1. The number of hydrogen-bond donors (Lipinski definition) is 1. The highest BCUT2D eigenvalue weighted by Gasteiger charge is 2.35. The number of amides is 2. The number of carbonyl (C=O) groups is 2. The van der Waals surface area contributed by atoms with E-state index < -0.39 is 34.3 Å². The standard InChI is InChI=1S/C36H40FN3O4S/c1-5-28(4)38-36(42)34(23-29-9-7-6-8-10-29)39(24-30-15-17-31(37)18-16-30)35(41)25-40(32-19-11-26(2)12-20-32)45(43,44)33-21-13-27(3)14-22-33/h6-22,28,34H,5,23-25H2,1-4H3,(H,38,42)/t28-,34+/m0/s1. The van der Waals surface area contributed by atoms with E-state index in [2.05, 4.69) is 5.32 Å². The van der Waals surface area contributed by atoms with Crippen LogP contribution in [0.25, 0.3) is 0 Å². The first-order chi connectivity index (χ1) is 21.5. The van der Waals surface area contributed by atoms with E-state index in [0.717, 1.165) is 21.0 Å². The van der Waals surface area contributed by atoms with Crippen LogP contribution in [0.2, 0.25) is 0 Å². The number of halogens is 1. The molecule has 2 amide bonds. The highest BCUT2D eigenvalue weighted by molar-refractivity contribution is 7.92. The fraction of sp³-hybridized carbons (Fsp3) is 0.278. The van der Waals surface area contributed by atoms with E-state index in [4.69, 9.17) is 0 Å². The lowest BCUT2D eigenvalue weighted by atomic mass is 10.0. The van der Waals surface area contributed by atoms with Gasteiger partial charge in [-0.15, -0.1) is 0 Å². The van der Waals surface area contributed by atoms with Crippen LogP contribution >= 0.6 is 0 Å². The third kappa shape index (κ3) is 8.79. The molecule has 4 rings (SSSR count). The van der Waals surface area contributed by atoms with Crippen molar-refractivity contribution in [3.05, 3.63) is 131 Å². The lowest BCUT2D eigenvalue weighted by Gasteiger charge is -2.34. The topological polar surface area (TPSA) is 86.8 Å². The Hall–Kier alpha value is -4.50. The summed E-state index contributed by atoms with van der Waals surface area (Å²) in [6.45, 7) is 7.01. The van der Waals surface area contributed by atoms with Gasteiger partial charge in [0.05, 0.1) is 10.6 Å². The summed E-state index contributed by atoms with van der Waals surface area (Å²) in [5.74, 6) is -1.36. The number of nitrogens with zero attached hydrogens (tertiary/aromatic N) is 2. The average Bonchev–Trinajstić information content (AvgIpc) is 3.03. The zero-order valence-corrected chi connectivity index (χ0v) is 26.9. The minimum absolute atomic E-state index is 0.0309. The molecule has 45 heavy (non-hydrogen) atoms. The van der Waals surface area contributed by atoms with Crippen molar-refractivity contribution >= 4 is 27.5 Å². The van der Waals surface area contributed by atoms with Crippen molar-refractivity contribution in [3.63, 3.8) is 0 Å². The van der Waals surface area contributed by atoms with Gasteiger partial charge in [-0.2, -0.15) is 0 Å². The average molecular weight is 630 g/mol. The van der Waals surface area contributed by atoms with E-state index in [0.29, 0.717) is 17.7 Å². The first-order valence-electron chi connectivity index (χ1n) is 15.0. The minimum Gasteiger partial charge on any atom is -0.352 e. The zero-order valence-electron chi connectivity index (χ0n) is 26.1. The Bertz CT molecular complexity index is 1680. The maximum absolute atomic E-state index is 14.5. The van der Waals surface area contributed by atoms with E-state index in [-0.39, 0.29) is 29.8 Å². The monoisotopic (exact) mass is 629 g/mol. The van der Waals surface area contributed by atoms with Gasteiger partial charge >= 0.3 is 0 Å². The summed E-state index contributed by atoms with van der Waals surface area (Å²) in [5.41, 5.74) is 3.58. The number of hydrogen-bond acceptors (Lipinski definition) is 4. The fourth-order valence-electron chi connectivity index (χ4n) is 4.86. The van der Waals surface area contributed by atoms with Gasteiger partial charge in [-0.1, -0.05) is 84.8 Å². The molecule has 0 bridgehead atoms. The van der Waals surface area contributed by atoms with Crippen LogP contribution in [0.4, 0.5) is 10.1 Å². The van der Waals surface area contributed by atoms with Crippen molar-refractivity contribution in [1.29, 1.82) is 0 Å². The lowest BCUT2D eigenvalue weighted by molar-refractivity contribution is -0.140. The molecule has 0 aromatic heterocycles. The molecule has 0 saturated heterocycles. The molecule has 0 heterocycles. The molecule has 9 heteroatoms. The summed E-state index contributed by atoms with van der Waals surface area (Å²) < 4.78 is 43.1. The van der Waals surface area contributed by atoms with Gasteiger partial charge in [-0.25, -0.2) is 12.8 Å². The van der Waals surface area contributed by atoms with Gasteiger partial charge in [0.2, 0.25) is 11.8 Å². The second-order valence-corrected chi connectivity index (χ2v) is 13.2. The van der Waals surface area contributed by atoms with Gasteiger partial charge in [0, 0.05) is 19.0 Å². The fourth-order valence-corrected chi connectivity index (χ4v) is 6.27. The van der Waals surface area contributed by atoms with Crippen LogP contribution in [0.15, 0.2) is 108 Å². The van der Waals surface area contributed by atoms with Crippen LogP contribution in [-0.2, 0) is 32.6 Å². The molecule has 0 radical (unpaired) electrons. The first kappa shape index (κ1) is 33.4. The normalized spacial score (nSPS) is 12.6. The molecule has 0 aliphatic heterocycles. The summed E-state index contributed by atoms with van der Waals surface area (Å²) >= 11 is 0. The summed E-state index contributed by atoms with van der Waals surface area (Å²) in [6, 6.07) is 27.3. The van der Waals surface area contributed by atoms with Gasteiger partial charge in [0.15, 0.2) is 0 Å². The Morgan fingerprint density at radius 1 is 0.800 bits per heavy atom. The highest BCUT2D eigenvalue weighted by Crippen LogP contribution is 2.26. The van der Waals surface area contributed by atoms with Crippen molar-refractivity contribution in [1.82, 2.24) is 10.2 Å². The van der Waals surface area contributed by atoms with Crippen LogP contribution in [0.5, 0.6) is 0 Å². The lowest BCUT2D eigenvalue weighted by Crippen LogP contribution is -2.54. The third-order valence-electron chi connectivity index (χ3n) is 7.75. The molecule has 0 spiro atoms. The molecule has 0 aliphatic carbocycles. The van der Waals surface area contributed by atoms with Crippen LogP contribution in [0.3, 0.4) is 0 Å². The number of benzene rings is 4. The zero-order chi connectivity index (χ0) is 32.6. The summed E-state index contributed by atoms with van der Waals surface area (Å²) in [6.07, 6.45) is 0.886. The minimum atomic E-state index is -4.18. The number of aryl methyl sites for hydroxylation is 2. The highest BCUT2D eigenvalue weighted by atomic mass is 32.2. The third-order valence-corrected chi connectivity index (χ3v) is 9.54. The van der Waals surface area contributed by atoms with Crippen LogP contribution in [0.1, 0.15) is 42.5 Å². The van der Waals surface area contributed by atoms with Crippen LogP contribution in [-0.4, -0.2) is 43.8 Å². The Kier molecular flexibility index (Phi) is 11.1. The second kappa shape index (κ2) is 15.0. The molecule has 0 unspecified atom stereocenters. The summed E-state index contributed by atoms with van der Waals surface area (Å²) in [4.78, 5) is 29.8.